The van der Waals surface area contributed by atoms with Crippen molar-refractivity contribution in [3.8, 4) is 0 Å². The van der Waals surface area contributed by atoms with E-state index in [4.69, 9.17) is 0 Å². The molecule has 1 aromatic heterocycles. The average Bonchev–Trinajstić information content (AvgIpc) is 3.13. The predicted octanol–water partition coefficient (Wildman–Crippen LogP) is 3.72. The van der Waals surface area contributed by atoms with E-state index in [0.29, 0.717) is 37.0 Å². The van der Waals surface area contributed by atoms with Crippen LogP contribution in [0.5, 0.6) is 0 Å². The van der Waals surface area contributed by atoms with Gasteiger partial charge < -0.3 is 4.90 Å². The summed E-state index contributed by atoms with van der Waals surface area (Å²) in [4.78, 5) is 15.4. The number of thiophene rings is 1. The molecule has 1 aromatic carbocycles. The van der Waals surface area contributed by atoms with Gasteiger partial charge in [0.05, 0.1) is 9.77 Å². The molecule has 1 fully saturated rings. The van der Waals surface area contributed by atoms with E-state index in [9.17, 15) is 13.2 Å². The van der Waals surface area contributed by atoms with E-state index >= 15 is 0 Å². The number of sulfonamides is 1. The minimum Gasteiger partial charge on any atom is -0.335 e. The Hall–Kier alpha value is -1.70. The largest absolute Gasteiger partial charge is 0.335 e. The second-order valence-electron chi connectivity index (χ2n) is 7.01. The van der Waals surface area contributed by atoms with Crippen LogP contribution in [-0.4, -0.2) is 49.7 Å². The third-order valence-corrected chi connectivity index (χ3v) is 8.20. The molecule has 1 aliphatic heterocycles. The summed E-state index contributed by atoms with van der Waals surface area (Å²) in [5.41, 5.74) is 2.12. The number of carbonyl (C=O) groups is 1. The zero-order chi connectivity index (χ0) is 19.6. The fourth-order valence-corrected chi connectivity index (χ4v) is 5.53. The first-order valence-electron chi connectivity index (χ1n) is 9.28. The van der Waals surface area contributed by atoms with Gasteiger partial charge in [0, 0.05) is 26.2 Å². The van der Waals surface area contributed by atoms with Gasteiger partial charge >= 0.3 is 0 Å². The van der Waals surface area contributed by atoms with Gasteiger partial charge in [0.2, 0.25) is 10.0 Å². The molecule has 7 heteroatoms. The molecular formula is C20H26N2O3S2. The van der Waals surface area contributed by atoms with E-state index in [0.717, 1.165) is 22.4 Å². The van der Waals surface area contributed by atoms with Crippen molar-refractivity contribution in [1.82, 2.24) is 9.21 Å². The molecule has 0 saturated carbocycles. The Morgan fingerprint density at radius 2 is 1.74 bits per heavy atom. The topological polar surface area (TPSA) is 57.7 Å². The van der Waals surface area contributed by atoms with Crippen LogP contribution in [0, 0.1) is 6.92 Å². The van der Waals surface area contributed by atoms with Crippen molar-refractivity contribution in [2.45, 2.75) is 38.0 Å². The first-order chi connectivity index (χ1) is 12.8. The maximum absolute atomic E-state index is 12.9. The highest BCUT2D eigenvalue weighted by Crippen LogP contribution is 2.24. The molecule has 146 valence electrons. The number of benzene rings is 1. The molecule has 1 atom stereocenters. The summed E-state index contributed by atoms with van der Waals surface area (Å²) in [6.07, 6.45) is 1.02. The fraction of sp³-hybridized carbons (Fsp3) is 0.450. The number of rotatable bonds is 5. The van der Waals surface area contributed by atoms with Gasteiger partial charge in [-0.05, 0) is 54.0 Å². The molecule has 1 saturated heterocycles. The number of nitrogens with zero attached hydrogens (tertiary/aromatic N) is 2. The van der Waals surface area contributed by atoms with Crippen molar-refractivity contribution >= 4 is 27.3 Å². The zero-order valence-corrected chi connectivity index (χ0v) is 17.6. The van der Waals surface area contributed by atoms with Crippen molar-refractivity contribution in [3.63, 3.8) is 0 Å². The van der Waals surface area contributed by atoms with Crippen LogP contribution in [0.2, 0.25) is 0 Å². The van der Waals surface area contributed by atoms with E-state index in [-0.39, 0.29) is 5.91 Å². The SMILES string of the molecule is CC[C@@H](C)c1ccc(S(=O)(=O)N2CCN(C(=O)c3sccc3C)CC2)cc1. The lowest BCUT2D eigenvalue weighted by molar-refractivity contribution is 0.0702. The van der Waals surface area contributed by atoms with Crippen LogP contribution in [0.3, 0.4) is 0 Å². The number of aryl methyl sites for hydroxylation is 1. The van der Waals surface area contributed by atoms with E-state index < -0.39 is 10.0 Å². The summed E-state index contributed by atoms with van der Waals surface area (Å²) < 4.78 is 27.3. The van der Waals surface area contributed by atoms with Crippen LogP contribution in [0.15, 0.2) is 40.6 Å². The van der Waals surface area contributed by atoms with Gasteiger partial charge in [-0.2, -0.15) is 4.31 Å². The van der Waals surface area contributed by atoms with Crippen LogP contribution >= 0.6 is 11.3 Å². The quantitative estimate of drug-likeness (QED) is 0.760. The number of amides is 1. The lowest BCUT2D eigenvalue weighted by atomic mass is 9.99. The molecule has 1 aliphatic rings. The predicted molar refractivity (Wildman–Crippen MR) is 109 cm³/mol. The lowest BCUT2D eigenvalue weighted by Crippen LogP contribution is -2.50. The van der Waals surface area contributed by atoms with Crippen molar-refractivity contribution < 1.29 is 13.2 Å². The molecular weight excluding hydrogens is 380 g/mol. The lowest BCUT2D eigenvalue weighted by Gasteiger charge is -2.34. The standard InChI is InChI=1S/C20H26N2O3S2/c1-4-15(2)17-5-7-18(8-6-17)27(24,25)22-12-10-21(11-13-22)20(23)19-16(3)9-14-26-19/h5-9,14-15H,4,10-13H2,1-3H3/t15-/m1/s1. The second kappa shape index (κ2) is 8.12. The summed E-state index contributed by atoms with van der Waals surface area (Å²) in [5.74, 6) is 0.412. The normalized spacial score (nSPS) is 17.1. The second-order valence-corrected chi connectivity index (χ2v) is 9.86. The summed E-state index contributed by atoms with van der Waals surface area (Å²) in [5, 5.41) is 1.91. The third-order valence-electron chi connectivity index (χ3n) is 5.28. The summed E-state index contributed by atoms with van der Waals surface area (Å²) in [6.45, 7) is 7.66. The molecule has 27 heavy (non-hydrogen) atoms. The van der Waals surface area contributed by atoms with E-state index in [1.807, 2.05) is 30.5 Å². The Morgan fingerprint density at radius 3 is 2.26 bits per heavy atom. The Kier molecular flexibility index (Phi) is 6.03. The molecule has 0 radical (unpaired) electrons. The Labute approximate surface area is 165 Å². The van der Waals surface area contributed by atoms with Crippen LogP contribution in [0.25, 0.3) is 0 Å². The maximum atomic E-state index is 12.9. The van der Waals surface area contributed by atoms with Gasteiger partial charge in [-0.25, -0.2) is 8.42 Å². The highest BCUT2D eigenvalue weighted by molar-refractivity contribution is 7.89. The van der Waals surface area contributed by atoms with E-state index in [1.54, 1.807) is 17.0 Å². The first kappa shape index (κ1) is 20.0. The Morgan fingerprint density at radius 1 is 1.11 bits per heavy atom. The molecule has 1 amide bonds. The summed E-state index contributed by atoms with van der Waals surface area (Å²) in [7, 11) is -3.52. The van der Waals surface area contributed by atoms with Crippen LogP contribution in [0.4, 0.5) is 0 Å². The van der Waals surface area contributed by atoms with Crippen molar-refractivity contribution in [1.29, 1.82) is 0 Å². The number of carbonyl (C=O) groups excluding carboxylic acids is 1. The maximum Gasteiger partial charge on any atom is 0.264 e. The van der Waals surface area contributed by atoms with Crippen molar-refractivity contribution in [2.24, 2.45) is 0 Å². The first-order valence-corrected chi connectivity index (χ1v) is 11.6. The number of piperazine rings is 1. The number of hydrogen-bond donors (Lipinski definition) is 0. The summed E-state index contributed by atoms with van der Waals surface area (Å²) >= 11 is 1.44. The minimum atomic E-state index is -3.52. The Balaban J connectivity index is 1.68. The molecule has 3 rings (SSSR count). The smallest absolute Gasteiger partial charge is 0.264 e. The average molecular weight is 407 g/mol. The van der Waals surface area contributed by atoms with Crippen molar-refractivity contribution in [2.75, 3.05) is 26.2 Å². The van der Waals surface area contributed by atoms with Crippen LogP contribution in [0.1, 0.15) is 47.0 Å². The molecule has 2 aromatic rings. The van der Waals surface area contributed by atoms with Gasteiger partial charge in [-0.15, -0.1) is 11.3 Å². The summed E-state index contributed by atoms with van der Waals surface area (Å²) in [6, 6.07) is 9.13. The molecule has 0 N–H and O–H groups in total. The third kappa shape index (κ3) is 4.10. The molecule has 5 nitrogen and oxygen atoms in total. The van der Waals surface area contributed by atoms with Gasteiger partial charge in [0.1, 0.15) is 0 Å². The highest BCUT2D eigenvalue weighted by Gasteiger charge is 2.31. The molecule has 0 spiro atoms. The fourth-order valence-electron chi connectivity index (χ4n) is 3.22. The molecule has 2 heterocycles. The minimum absolute atomic E-state index is 0.00236. The Bertz CT molecular complexity index is 896. The van der Waals surface area contributed by atoms with Crippen LogP contribution in [-0.2, 0) is 10.0 Å². The van der Waals surface area contributed by atoms with Gasteiger partial charge in [0.15, 0.2) is 0 Å². The van der Waals surface area contributed by atoms with E-state index in [1.165, 1.54) is 15.6 Å². The molecule has 0 aliphatic carbocycles. The molecule has 0 bridgehead atoms. The monoisotopic (exact) mass is 406 g/mol. The highest BCUT2D eigenvalue weighted by atomic mass is 32.2. The molecule has 0 unspecified atom stereocenters. The van der Waals surface area contributed by atoms with Gasteiger partial charge in [-0.3, -0.25) is 4.79 Å². The van der Waals surface area contributed by atoms with Crippen LogP contribution < -0.4 is 0 Å². The van der Waals surface area contributed by atoms with Gasteiger partial charge in [-0.1, -0.05) is 26.0 Å². The number of hydrogen-bond acceptors (Lipinski definition) is 4. The zero-order valence-electron chi connectivity index (χ0n) is 16.0. The van der Waals surface area contributed by atoms with E-state index in [2.05, 4.69) is 13.8 Å². The van der Waals surface area contributed by atoms with Gasteiger partial charge in [0.25, 0.3) is 5.91 Å². The van der Waals surface area contributed by atoms with Crippen molar-refractivity contribution in [3.05, 3.63) is 51.7 Å².